The minimum atomic E-state index is 0.210. The summed E-state index contributed by atoms with van der Waals surface area (Å²) in [7, 11) is 0. The Hall–Kier alpha value is 0.270. The van der Waals surface area contributed by atoms with Crippen molar-refractivity contribution in [3.8, 4) is 0 Å². The standard InChI is InChI=1S/C7H17N.C6H15NS/c1-6(5-8)7(2,3)4;1-6(2,3)5(7)4-8/h6H,5,8H2,1-4H3;5,8H,4,7H2,1-3H3. The molecular weight excluding hydrogens is 216 g/mol. The van der Waals surface area contributed by atoms with Gasteiger partial charge in [0.1, 0.15) is 0 Å². The van der Waals surface area contributed by atoms with Crippen molar-refractivity contribution in [3.63, 3.8) is 0 Å². The zero-order valence-electron chi connectivity index (χ0n) is 12.2. The Morgan fingerprint density at radius 2 is 1.38 bits per heavy atom. The fraction of sp³-hybridized carbons (Fsp3) is 1.00. The normalized spacial score (nSPS) is 16.1. The average molecular weight is 248 g/mol. The van der Waals surface area contributed by atoms with Crippen molar-refractivity contribution in [1.29, 1.82) is 0 Å². The third-order valence-electron chi connectivity index (χ3n) is 3.14. The lowest BCUT2D eigenvalue weighted by atomic mass is 9.82. The maximum absolute atomic E-state index is 5.67. The van der Waals surface area contributed by atoms with E-state index in [0.717, 1.165) is 12.3 Å². The highest BCUT2D eigenvalue weighted by Crippen LogP contribution is 2.23. The van der Waals surface area contributed by atoms with Crippen molar-refractivity contribution >= 4 is 12.6 Å². The van der Waals surface area contributed by atoms with Crippen LogP contribution in [0.5, 0.6) is 0 Å². The second-order valence-corrected chi connectivity index (χ2v) is 7.02. The molecule has 2 atom stereocenters. The maximum atomic E-state index is 5.67. The molecule has 0 rings (SSSR count). The predicted molar refractivity (Wildman–Crippen MR) is 79.0 cm³/mol. The van der Waals surface area contributed by atoms with Crippen molar-refractivity contribution in [2.24, 2.45) is 28.2 Å². The van der Waals surface area contributed by atoms with E-state index in [1.807, 2.05) is 0 Å². The van der Waals surface area contributed by atoms with Crippen LogP contribution >= 0.6 is 12.6 Å². The molecule has 0 saturated carbocycles. The van der Waals surface area contributed by atoms with Crippen molar-refractivity contribution < 1.29 is 0 Å². The van der Waals surface area contributed by atoms with Gasteiger partial charge in [-0.3, -0.25) is 0 Å². The van der Waals surface area contributed by atoms with E-state index in [1.54, 1.807) is 0 Å². The van der Waals surface area contributed by atoms with Gasteiger partial charge < -0.3 is 11.5 Å². The fourth-order valence-electron chi connectivity index (χ4n) is 0.627. The van der Waals surface area contributed by atoms with Crippen LogP contribution < -0.4 is 11.5 Å². The lowest BCUT2D eigenvalue weighted by Crippen LogP contribution is -2.36. The van der Waals surface area contributed by atoms with Crippen LogP contribution in [-0.4, -0.2) is 18.3 Å². The molecule has 0 aliphatic rings. The summed E-state index contributed by atoms with van der Waals surface area (Å²) in [4.78, 5) is 0. The molecule has 0 spiro atoms. The minimum absolute atomic E-state index is 0.210. The molecule has 0 aromatic heterocycles. The van der Waals surface area contributed by atoms with Gasteiger partial charge in [-0.15, -0.1) is 0 Å². The van der Waals surface area contributed by atoms with Gasteiger partial charge in [0, 0.05) is 11.8 Å². The second-order valence-electron chi connectivity index (χ2n) is 6.66. The van der Waals surface area contributed by atoms with E-state index in [9.17, 15) is 0 Å². The van der Waals surface area contributed by atoms with Crippen LogP contribution in [0.1, 0.15) is 48.5 Å². The van der Waals surface area contributed by atoms with Gasteiger partial charge in [-0.05, 0) is 23.3 Å². The Bertz CT molecular complexity index is 148. The van der Waals surface area contributed by atoms with E-state index in [-0.39, 0.29) is 11.5 Å². The van der Waals surface area contributed by atoms with E-state index in [4.69, 9.17) is 11.5 Å². The first kappa shape index (κ1) is 18.6. The van der Waals surface area contributed by atoms with Crippen LogP contribution in [0.4, 0.5) is 0 Å². The van der Waals surface area contributed by atoms with Crippen LogP contribution in [0, 0.1) is 16.7 Å². The molecule has 0 aliphatic carbocycles. The van der Waals surface area contributed by atoms with Crippen LogP contribution in [0.3, 0.4) is 0 Å². The zero-order chi connectivity index (χ0) is 13.6. The molecule has 0 aromatic carbocycles. The number of nitrogens with two attached hydrogens (primary N) is 2. The molecule has 0 fully saturated rings. The highest BCUT2D eigenvalue weighted by molar-refractivity contribution is 7.80. The molecule has 0 aromatic rings. The van der Waals surface area contributed by atoms with E-state index < -0.39 is 0 Å². The Labute approximate surface area is 108 Å². The number of hydrogen-bond donors (Lipinski definition) is 3. The third kappa shape index (κ3) is 9.49. The Morgan fingerprint density at radius 1 is 1.00 bits per heavy atom. The van der Waals surface area contributed by atoms with Crippen molar-refractivity contribution in [1.82, 2.24) is 0 Å². The molecule has 16 heavy (non-hydrogen) atoms. The van der Waals surface area contributed by atoms with E-state index in [2.05, 4.69) is 61.1 Å². The molecule has 0 heterocycles. The maximum Gasteiger partial charge on any atom is 0.0177 e. The fourth-order valence-corrected chi connectivity index (χ4v) is 1.18. The first-order chi connectivity index (χ1) is 6.96. The summed E-state index contributed by atoms with van der Waals surface area (Å²) in [6.45, 7) is 16.0. The van der Waals surface area contributed by atoms with Crippen molar-refractivity contribution in [2.45, 2.75) is 54.5 Å². The SMILES string of the molecule is CC(C)(C)C(N)CS.CC(CN)C(C)(C)C. The molecule has 0 amide bonds. The molecule has 0 saturated heterocycles. The summed E-state index contributed by atoms with van der Waals surface area (Å²) in [5, 5.41) is 0. The van der Waals surface area contributed by atoms with E-state index in [0.29, 0.717) is 11.3 Å². The molecule has 100 valence electrons. The Morgan fingerprint density at radius 3 is 1.38 bits per heavy atom. The minimum Gasteiger partial charge on any atom is -0.330 e. The van der Waals surface area contributed by atoms with Crippen LogP contribution in [0.15, 0.2) is 0 Å². The summed E-state index contributed by atoms with van der Waals surface area (Å²) < 4.78 is 0. The summed E-state index contributed by atoms with van der Waals surface area (Å²) in [5.41, 5.74) is 11.7. The van der Waals surface area contributed by atoms with Gasteiger partial charge >= 0.3 is 0 Å². The summed E-state index contributed by atoms with van der Waals surface area (Å²) in [6, 6.07) is 0.214. The number of rotatable bonds is 2. The zero-order valence-corrected chi connectivity index (χ0v) is 13.1. The number of thiol groups is 1. The lowest BCUT2D eigenvalue weighted by Gasteiger charge is -2.25. The summed E-state index contributed by atoms with van der Waals surface area (Å²) in [5.74, 6) is 1.39. The highest BCUT2D eigenvalue weighted by atomic mass is 32.1. The van der Waals surface area contributed by atoms with Crippen LogP contribution in [0.25, 0.3) is 0 Å². The van der Waals surface area contributed by atoms with Crippen LogP contribution in [0.2, 0.25) is 0 Å². The molecule has 0 bridgehead atoms. The monoisotopic (exact) mass is 248 g/mol. The molecule has 2 unspecified atom stereocenters. The van der Waals surface area contributed by atoms with Crippen molar-refractivity contribution in [3.05, 3.63) is 0 Å². The molecule has 2 nitrogen and oxygen atoms in total. The quantitative estimate of drug-likeness (QED) is 0.658. The summed E-state index contributed by atoms with van der Waals surface area (Å²) >= 11 is 4.08. The highest BCUT2D eigenvalue weighted by Gasteiger charge is 2.18. The predicted octanol–water partition coefficient (Wildman–Crippen LogP) is 2.92. The third-order valence-corrected chi connectivity index (χ3v) is 3.53. The van der Waals surface area contributed by atoms with Gasteiger partial charge in [-0.1, -0.05) is 48.5 Å². The smallest absolute Gasteiger partial charge is 0.0177 e. The topological polar surface area (TPSA) is 52.0 Å². The van der Waals surface area contributed by atoms with E-state index in [1.165, 1.54) is 0 Å². The van der Waals surface area contributed by atoms with Crippen LogP contribution in [-0.2, 0) is 0 Å². The second kappa shape index (κ2) is 7.57. The number of hydrogen-bond acceptors (Lipinski definition) is 3. The van der Waals surface area contributed by atoms with Gasteiger partial charge in [0.15, 0.2) is 0 Å². The first-order valence-electron chi connectivity index (χ1n) is 6.03. The molecule has 0 radical (unpaired) electrons. The average Bonchev–Trinajstić information content (AvgIpc) is 2.13. The molecule has 4 N–H and O–H groups in total. The van der Waals surface area contributed by atoms with Gasteiger partial charge in [-0.25, -0.2) is 0 Å². The van der Waals surface area contributed by atoms with Crippen molar-refractivity contribution in [2.75, 3.05) is 12.3 Å². The summed E-state index contributed by atoms with van der Waals surface area (Å²) in [6.07, 6.45) is 0. The molecular formula is C13H32N2S. The van der Waals surface area contributed by atoms with Gasteiger partial charge in [0.05, 0.1) is 0 Å². The molecule has 3 heteroatoms. The van der Waals surface area contributed by atoms with E-state index >= 15 is 0 Å². The first-order valence-corrected chi connectivity index (χ1v) is 6.66. The van der Waals surface area contributed by atoms with Gasteiger partial charge in [0.25, 0.3) is 0 Å². The Kier molecular flexibility index (Phi) is 8.81. The molecule has 0 aliphatic heterocycles. The van der Waals surface area contributed by atoms with Gasteiger partial charge in [0.2, 0.25) is 0 Å². The lowest BCUT2D eigenvalue weighted by molar-refractivity contribution is 0.269. The van der Waals surface area contributed by atoms with Gasteiger partial charge in [-0.2, -0.15) is 12.6 Å². The Balaban J connectivity index is 0. The largest absolute Gasteiger partial charge is 0.330 e.